The van der Waals surface area contributed by atoms with Gasteiger partial charge < -0.3 is 14.8 Å². The highest BCUT2D eigenvalue weighted by atomic mass is 32.1. The number of thiophene rings is 1. The summed E-state index contributed by atoms with van der Waals surface area (Å²) in [5, 5.41) is 5.49. The molecule has 0 spiro atoms. The Kier molecular flexibility index (Phi) is 5.41. The van der Waals surface area contributed by atoms with Crippen LogP contribution in [0.5, 0.6) is 0 Å². The molecule has 0 radical (unpaired) electrons. The van der Waals surface area contributed by atoms with Crippen LogP contribution in [0.1, 0.15) is 18.7 Å². The van der Waals surface area contributed by atoms with Gasteiger partial charge in [0.15, 0.2) is 6.29 Å². The van der Waals surface area contributed by atoms with Crippen LogP contribution in [0.3, 0.4) is 0 Å². The third-order valence-corrected chi connectivity index (χ3v) is 3.83. The molecule has 1 aromatic rings. The van der Waals surface area contributed by atoms with E-state index in [9.17, 15) is 0 Å². The fraction of sp³-hybridized carbons (Fsp3) is 0.667. The second-order valence-corrected chi connectivity index (χ2v) is 5.34. The quantitative estimate of drug-likeness (QED) is 0.745. The summed E-state index contributed by atoms with van der Waals surface area (Å²) >= 11 is 1.80. The van der Waals surface area contributed by atoms with E-state index in [0.717, 1.165) is 6.54 Å². The average Bonchev–Trinajstić information content (AvgIpc) is 2.78. The van der Waals surface area contributed by atoms with E-state index in [2.05, 4.69) is 36.7 Å². The molecule has 4 heteroatoms. The van der Waals surface area contributed by atoms with Crippen LogP contribution in [-0.4, -0.2) is 33.6 Å². The molecule has 1 aromatic heterocycles. The van der Waals surface area contributed by atoms with Crippen LogP contribution < -0.4 is 5.32 Å². The maximum absolute atomic E-state index is 5.12. The van der Waals surface area contributed by atoms with Crippen LogP contribution in [0.25, 0.3) is 0 Å². The Balaban J connectivity index is 2.37. The minimum Gasteiger partial charge on any atom is -0.355 e. The summed E-state index contributed by atoms with van der Waals surface area (Å²) in [5.74, 6) is 0. The first-order valence-electron chi connectivity index (χ1n) is 5.40. The first-order chi connectivity index (χ1) is 7.60. The summed E-state index contributed by atoms with van der Waals surface area (Å²) in [4.78, 5) is 1.39. The van der Waals surface area contributed by atoms with E-state index in [1.807, 2.05) is 0 Å². The molecule has 0 aromatic carbocycles. The molecule has 16 heavy (non-hydrogen) atoms. The first-order valence-corrected chi connectivity index (χ1v) is 6.28. The van der Waals surface area contributed by atoms with Gasteiger partial charge in [0.2, 0.25) is 0 Å². The summed E-state index contributed by atoms with van der Waals surface area (Å²) in [7, 11) is 3.31. The Hall–Kier alpha value is -0.420. The van der Waals surface area contributed by atoms with Crippen LogP contribution in [0.2, 0.25) is 0 Å². The molecule has 0 atom stereocenters. The van der Waals surface area contributed by atoms with Gasteiger partial charge >= 0.3 is 0 Å². The molecule has 0 aliphatic carbocycles. The van der Waals surface area contributed by atoms with E-state index in [-0.39, 0.29) is 11.7 Å². The van der Waals surface area contributed by atoms with Crippen molar-refractivity contribution in [3.63, 3.8) is 0 Å². The van der Waals surface area contributed by atoms with Crippen LogP contribution in [0.4, 0.5) is 0 Å². The summed E-state index contributed by atoms with van der Waals surface area (Å²) in [6.07, 6.45) is -0.167. The minimum atomic E-state index is -0.167. The second kappa shape index (κ2) is 6.35. The van der Waals surface area contributed by atoms with Crippen molar-refractivity contribution >= 4 is 11.3 Å². The molecule has 0 aliphatic rings. The highest BCUT2D eigenvalue weighted by molar-refractivity contribution is 7.10. The van der Waals surface area contributed by atoms with Gasteiger partial charge in [-0.2, -0.15) is 0 Å². The van der Waals surface area contributed by atoms with Crippen molar-refractivity contribution in [1.29, 1.82) is 0 Å². The predicted octanol–water partition coefficient (Wildman–Crippen LogP) is 2.23. The van der Waals surface area contributed by atoms with Gasteiger partial charge in [-0.3, -0.25) is 0 Å². The maximum Gasteiger partial charge on any atom is 0.169 e. The third kappa shape index (κ3) is 3.87. The second-order valence-electron chi connectivity index (χ2n) is 4.39. The number of ether oxygens (including phenoxy) is 2. The van der Waals surface area contributed by atoms with Gasteiger partial charge in [0.1, 0.15) is 0 Å². The van der Waals surface area contributed by atoms with Crippen molar-refractivity contribution in [2.24, 2.45) is 0 Å². The highest BCUT2D eigenvalue weighted by Crippen LogP contribution is 2.26. The fourth-order valence-electron chi connectivity index (χ4n) is 1.52. The lowest BCUT2D eigenvalue weighted by Crippen LogP contribution is -2.37. The molecule has 0 saturated heterocycles. The molecule has 0 fully saturated rings. The number of nitrogens with one attached hydrogen (secondary N) is 1. The van der Waals surface area contributed by atoms with Crippen molar-refractivity contribution in [2.75, 3.05) is 27.3 Å². The van der Waals surface area contributed by atoms with Crippen molar-refractivity contribution in [1.82, 2.24) is 5.32 Å². The molecule has 0 aliphatic heterocycles. The fourth-order valence-corrected chi connectivity index (χ4v) is 2.37. The molecular formula is C12H21NO2S. The molecule has 0 bridgehead atoms. The molecule has 1 heterocycles. The smallest absolute Gasteiger partial charge is 0.169 e. The lowest BCUT2D eigenvalue weighted by atomic mass is 9.91. The normalized spacial score (nSPS) is 12.3. The Morgan fingerprint density at radius 3 is 2.56 bits per heavy atom. The van der Waals surface area contributed by atoms with Gasteiger partial charge in [-0.1, -0.05) is 19.9 Å². The van der Waals surface area contributed by atoms with Crippen molar-refractivity contribution in [2.45, 2.75) is 25.6 Å². The number of methoxy groups -OCH3 is 2. The Bertz CT molecular complexity index is 281. The molecule has 92 valence electrons. The van der Waals surface area contributed by atoms with Crippen LogP contribution in [0, 0.1) is 0 Å². The van der Waals surface area contributed by atoms with Crippen molar-refractivity contribution < 1.29 is 9.47 Å². The Labute approximate surface area is 102 Å². The highest BCUT2D eigenvalue weighted by Gasteiger charge is 2.21. The standard InChI is InChI=1S/C12H21NO2S/c1-12(2,10-6-5-7-16-10)9-13-8-11(14-3)15-4/h5-7,11,13H,8-9H2,1-4H3. The third-order valence-electron chi connectivity index (χ3n) is 2.59. The molecular weight excluding hydrogens is 222 g/mol. The van der Waals surface area contributed by atoms with E-state index < -0.39 is 0 Å². The monoisotopic (exact) mass is 243 g/mol. The van der Waals surface area contributed by atoms with Gasteiger partial charge in [-0.05, 0) is 11.4 Å². The largest absolute Gasteiger partial charge is 0.355 e. The molecule has 0 unspecified atom stereocenters. The van der Waals surface area contributed by atoms with E-state index in [1.54, 1.807) is 25.6 Å². The minimum absolute atomic E-state index is 0.153. The zero-order chi connectivity index (χ0) is 12.0. The lowest BCUT2D eigenvalue weighted by molar-refractivity contribution is -0.0990. The number of hydrogen-bond donors (Lipinski definition) is 1. The summed E-state index contributed by atoms with van der Waals surface area (Å²) in [6.45, 7) is 6.10. The summed E-state index contributed by atoms with van der Waals surface area (Å²) in [6, 6.07) is 4.27. The SMILES string of the molecule is COC(CNCC(C)(C)c1cccs1)OC. The maximum atomic E-state index is 5.12. The average molecular weight is 243 g/mol. The van der Waals surface area contributed by atoms with Gasteiger partial charge in [-0.25, -0.2) is 0 Å². The number of hydrogen-bond acceptors (Lipinski definition) is 4. The van der Waals surface area contributed by atoms with Crippen LogP contribution in [-0.2, 0) is 14.9 Å². The molecule has 0 saturated carbocycles. The van der Waals surface area contributed by atoms with Gasteiger partial charge in [0, 0.05) is 37.6 Å². The van der Waals surface area contributed by atoms with Gasteiger partial charge in [-0.15, -0.1) is 11.3 Å². The zero-order valence-electron chi connectivity index (χ0n) is 10.4. The topological polar surface area (TPSA) is 30.5 Å². The number of rotatable bonds is 7. The Morgan fingerprint density at radius 2 is 2.06 bits per heavy atom. The van der Waals surface area contributed by atoms with Gasteiger partial charge in [0.05, 0.1) is 0 Å². The van der Waals surface area contributed by atoms with Crippen molar-refractivity contribution in [3.8, 4) is 0 Å². The summed E-state index contributed by atoms with van der Waals surface area (Å²) < 4.78 is 10.2. The molecule has 0 amide bonds. The molecule has 3 nitrogen and oxygen atoms in total. The molecule has 1 N–H and O–H groups in total. The molecule has 1 rings (SSSR count). The van der Waals surface area contributed by atoms with E-state index in [4.69, 9.17) is 9.47 Å². The zero-order valence-corrected chi connectivity index (χ0v) is 11.3. The van der Waals surface area contributed by atoms with Crippen molar-refractivity contribution in [3.05, 3.63) is 22.4 Å². The van der Waals surface area contributed by atoms with E-state index in [0.29, 0.717) is 6.54 Å². The first kappa shape index (κ1) is 13.6. The van der Waals surface area contributed by atoms with Crippen LogP contribution in [0.15, 0.2) is 17.5 Å². The van der Waals surface area contributed by atoms with Crippen LogP contribution >= 0.6 is 11.3 Å². The van der Waals surface area contributed by atoms with Gasteiger partial charge in [0.25, 0.3) is 0 Å². The predicted molar refractivity (Wildman–Crippen MR) is 68.0 cm³/mol. The lowest BCUT2D eigenvalue weighted by Gasteiger charge is -2.25. The summed E-state index contributed by atoms with van der Waals surface area (Å²) in [5.41, 5.74) is 0.153. The Morgan fingerprint density at radius 1 is 1.38 bits per heavy atom. The van der Waals surface area contributed by atoms with E-state index in [1.165, 1.54) is 4.88 Å². The van der Waals surface area contributed by atoms with E-state index >= 15 is 0 Å².